The van der Waals surface area contributed by atoms with Crippen LogP contribution in [0.25, 0.3) is 11.1 Å². The fourth-order valence-electron chi connectivity index (χ4n) is 2.58. The first-order valence-corrected chi connectivity index (χ1v) is 9.01. The van der Waals surface area contributed by atoms with E-state index >= 15 is 0 Å². The van der Waals surface area contributed by atoms with E-state index in [1.54, 1.807) is 6.92 Å². The first kappa shape index (κ1) is 21.8. The molecule has 0 aromatic heterocycles. The summed E-state index contributed by atoms with van der Waals surface area (Å²) in [7, 11) is 0. The zero-order chi connectivity index (χ0) is 20.7. The molecule has 0 radical (unpaired) electrons. The lowest BCUT2D eigenvalue weighted by atomic mass is 10.0. The molecule has 0 aliphatic carbocycles. The van der Waals surface area contributed by atoms with Gasteiger partial charge in [0.25, 0.3) is 0 Å². The van der Waals surface area contributed by atoms with Gasteiger partial charge in [-0.05, 0) is 49.6 Å². The maximum Gasteiger partial charge on any atom is 0.411 e. The summed E-state index contributed by atoms with van der Waals surface area (Å²) in [5, 5.41) is 2.67. The molecule has 2 aromatic carbocycles. The minimum atomic E-state index is -4.46. The third kappa shape index (κ3) is 6.56. The predicted octanol–water partition coefficient (Wildman–Crippen LogP) is 4.90. The Labute approximate surface area is 162 Å². The summed E-state index contributed by atoms with van der Waals surface area (Å²) in [6, 6.07) is 15.0. The highest BCUT2D eigenvalue weighted by Gasteiger charge is 2.30. The van der Waals surface area contributed by atoms with Crippen molar-refractivity contribution in [2.45, 2.75) is 39.1 Å². The van der Waals surface area contributed by atoms with Crippen molar-refractivity contribution in [1.82, 2.24) is 5.32 Å². The van der Waals surface area contributed by atoms with Crippen LogP contribution in [-0.2, 0) is 9.53 Å². The van der Waals surface area contributed by atoms with Gasteiger partial charge in [-0.1, -0.05) is 36.4 Å². The Morgan fingerprint density at radius 3 is 2.04 bits per heavy atom. The van der Waals surface area contributed by atoms with Crippen molar-refractivity contribution >= 4 is 5.91 Å². The van der Waals surface area contributed by atoms with Crippen LogP contribution in [0.15, 0.2) is 48.5 Å². The fraction of sp³-hybridized carbons (Fsp3) is 0.381. The normalized spacial score (nSPS) is 13.6. The van der Waals surface area contributed by atoms with Crippen LogP contribution in [0.4, 0.5) is 13.2 Å². The molecular weight excluding hydrogens is 371 g/mol. The molecule has 2 atom stereocenters. The second-order valence-corrected chi connectivity index (χ2v) is 6.38. The standard InChI is InChI=1S/C21H24F3NO3/c1-4-27-19-11-9-18(10-12-19)17-7-5-16(6-8-17)14(2)25-20(26)15(3)28-13-21(22,23)24/h5-12,14-15H,4,13H2,1-3H3,(H,25,26). The molecule has 1 N–H and O–H groups in total. The van der Waals surface area contributed by atoms with Gasteiger partial charge < -0.3 is 14.8 Å². The summed E-state index contributed by atoms with van der Waals surface area (Å²) < 4.78 is 46.5. The molecule has 0 saturated heterocycles. The van der Waals surface area contributed by atoms with Crippen LogP contribution in [-0.4, -0.2) is 31.4 Å². The number of carbonyl (C=O) groups is 1. The van der Waals surface area contributed by atoms with Crippen molar-refractivity contribution in [3.63, 3.8) is 0 Å². The number of carbonyl (C=O) groups excluding carboxylic acids is 1. The molecule has 2 aromatic rings. The smallest absolute Gasteiger partial charge is 0.411 e. The molecule has 1 amide bonds. The molecule has 0 bridgehead atoms. The number of rotatable bonds is 8. The quantitative estimate of drug-likeness (QED) is 0.692. The second kappa shape index (κ2) is 9.59. The van der Waals surface area contributed by atoms with Gasteiger partial charge in [-0.25, -0.2) is 0 Å². The van der Waals surface area contributed by atoms with Crippen LogP contribution >= 0.6 is 0 Å². The van der Waals surface area contributed by atoms with Crippen molar-refractivity contribution in [3.05, 3.63) is 54.1 Å². The molecule has 0 saturated carbocycles. The van der Waals surface area contributed by atoms with Gasteiger partial charge in [0.1, 0.15) is 18.5 Å². The summed E-state index contributed by atoms with van der Waals surface area (Å²) >= 11 is 0. The maximum atomic E-state index is 12.2. The van der Waals surface area contributed by atoms with Crippen molar-refractivity contribution < 1.29 is 27.4 Å². The van der Waals surface area contributed by atoms with Crippen LogP contribution < -0.4 is 10.1 Å². The molecule has 152 valence electrons. The van der Waals surface area contributed by atoms with Crippen LogP contribution in [0.3, 0.4) is 0 Å². The number of alkyl halides is 3. The lowest BCUT2D eigenvalue weighted by molar-refractivity contribution is -0.185. The molecule has 2 unspecified atom stereocenters. The second-order valence-electron chi connectivity index (χ2n) is 6.38. The van der Waals surface area contributed by atoms with Crippen molar-refractivity contribution in [2.24, 2.45) is 0 Å². The lowest BCUT2D eigenvalue weighted by Crippen LogP contribution is -2.37. The number of nitrogens with one attached hydrogen (secondary N) is 1. The zero-order valence-corrected chi connectivity index (χ0v) is 16.0. The SMILES string of the molecule is CCOc1ccc(-c2ccc(C(C)NC(=O)C(C)OCC(F)(F)F)cc2)cc1. The van der Waals surface area contributed by atoms with Crippen molar-refractivity contribution in [1.29, 1.82) is 0 Å². The van der Waals surface area contributed by atoms with Gasteiger partial charge in [0.05, 0.1) is 12.6 Å². The third-order valence-electron chi connectivity index (χ3n) is 4.13. The maximum absolute atomic E-state index is 12.2. The summed E-state index contributed by atoms with van der Waals surface area (Å²) in [5.74, 6) is 0.216. The highest BCUT2D eigenvalue weighted by atomic mass is 19.4. The Kier molecular flexibility index (Phi) is 7.45. The highest BCUT2D eigenvalue weighted by molar-refractivity contribution is 5.80. The van der Waals surface area contributed by atoms with E-state index in [1.165, 1.54) is 6.92 Å². The Hall–Kier alpha value is -2.54. The van der Waals surface area contributed by atoms with Crippen molar-refractivity contribution in [2.75, 3.05) is 13.2 Å². The van der Waals surface area contributed by atoms with Gasteiger partial charge in [-0.3, -0.25) is 4.79 Å². The van der Waals surface area contributed by atoms with E-state index in [0.717, 1.165) is 22.4 Å². The van der Waals surface area contributed by atoms with Gasteiger partial charge >= 0.3 is 6.18 Å². The topological polar surface area (TPSA) is 47.6 Å². The summed E-state index contributed by atoms with van der Waals surface area (Å²) in [6.45, 7) is 4.14. The molecule has 0 spiro atoms. The first-order chi connectivity index (χ1) is 13.2. The molecular formula is C21H24F3NO3. The van der Waals surface area contributed by atoms with Gasteiger partial charge in [0.15, 0.2) is 0 Å². The summed E-state index contributed by atoms with van der Waals surface area (Å²) in [6.07, 6.45) is -5.65. The molecule has 7 heteroatoms. The lowest BCUT2D eigenvalue weighted by Gasteiger charge is -2.19. The highest BCUT2D eigenvalue weighted by Crippen LogP contribution is 2.24. The van der Waals surface area contributed by atoms with Gasteiger partial charge in [0.2, 0.25) is 5.91 Å². The zero-order valence-electron chi connectivity index (χ0n) is 16.0. The van der Waals surface area contributed by atoms with Gasteiger partial charge in [-0.15, -0.1) is 0 Å². The Bertz CT molecular complexity index is 758. The number of ether oxygens (including phenoxy) is 2. The van der Waals surface area contributed by atoms with Gasteiger partial charge in [-0.2, -0.15) is 13.2 Å². The number of hydrogen-bond donors (Lipinski definition) is 1. The van der Waals surface area contributed by atoms with Crippen LogP contribution in [0, 0.1) is 0 Å². The fourth-order valence-corrected chi connectivity index (χ4v) is 2.58. The van der Waals surface area contributed by atoms with E-state index in [-0.39, 0.29) is 6.04 Å². The third-order valence-corrected chi connectivity index (χ3v) is 4.13. The van der Waals surface area contributed by atoms with E-state index in [4.69, 9.17) is 4.74 Å². The minimum absolute atomic E-state index is 0.362. The Morgan fingerprint density at radius 2 is 1.54 bits per heavy atom. The number of benzene rings is 2. The molecule has 4 nitrogen and oxygen atoms in total. The number of halogens is 3. The Balaban J connectivity index is 1.95. The Morgan fingerprint density at radius 1 is 1.00 bits per heavy atom. The molecule has 0 aliphatic rings. The van der Waals surface area contributed by atoms with Crippen LogP contribution in [0.5, 0.6) is 5.75 Å². The monoisotopic (exact) mass is 395 g/mol. The van der Waals surface area contributed by atoms with E-state index in [9.17, 15) is 18.0 Å². The van der Waals surface area contributed by atoms with Gasteiger partial charge in [0, 0.05) is 0 Å². The summed E-state index contributed by atoms with van der Waals surface area (Å²) in [4.78, 5) is 12.0. The van der Waals surface area contributed by atoms with E-state index in [2.05, 4.69) is 10.1 Å². The number of hydrogen-bond acceptors (Lipinski definition) is 3. The molecule has 2 rings (SSSR count). The van der Waals surface area contributed by atoms with Crippen molar-refractivity contribution in [3.8, 4) is 16.9 Å². The van der Waals surface area contributed by atoms with Crippen LogP contribution in [0.2, 0.25) is 0 Å². The minimum Gasteiger partial charge on any atom is -0.494 e. The molecule has 0 fully saturated rings. The molecule has 0 heterocycles. The first-order valence-electron chi connectivity index (χ1n) is 9.01. The number of amides is 1. The average Bonchev–Trinajstić information content (AvgIpc) is 2.66. The van der Waals surface area contributed by atoms with E-state index in [1.807, 2.05) is 55.5 Å². The summed E-state index contributed by atoms with van der Waals surface area (Å²) in [5.41, 5.74) is 2.87. The molecule has 28 heavy (non-hydrogen) atoms. The van der Waals surface area contributed by atoms with E-state index in [0.29, 0.717) is 6.61 Å². The average molecular weight is 395 g/mol. The van der Waals surface area contributed by atoms with E-state index < -0.39 is 24.8 Å². The predicted molar refractivity (Wildman–Crippen MR) is 101 cm³/mol. The largest absolute Gasteiger partial charge is 0.494 e. The van der Waals surface area contributed by atoms with Crippen LogP contribution in [0.1, 0.15) is 32.4 Å². The molecule has 0 aliphatic heterocycles.